The smallest absolute Gasteiger partial charge is 0.414 e. The number of hydrogen-bond acceptors (Lipinski definition) is 4. The number of benzene rings is 2. The third kappa shape index (κ3) is 4.69. The number of aromatic nitrogens is 2. The van der Waals surface area contributed by atoms with Crippen LogP contribution in [0.4, 0.5) is 0 Å². The number of piperidine rings is 1. The van der Waals surface area contributed by atoms with E-state index in [1.165, 1.54) is 72.0 Å². The monoisotopic (exact) mass is 542 g/mol. The van der Waals surface area contributed by atoms with E-state index in [2.05, 4.69) is 82.3 Å². The van der Waals surface area contributed by atoms with Crippen LogP contribution in [0.1, 0.15) is 60.8 Å². The van der Waals surface area contributed by atoms with Gasteiger partial charge < -0.3 is 20.2 Å². The molecule has 40 heavy (non-hydrogen) atoms. The standard InChI is InChI=1S/C30H36N4.C2H2O4/c1-3-19-18-34-15-13-24-22-9-5-7-11-26(22)32-30(24)28(34)17-20(19)16-27-29-23(12-14-33(27)2)21-8-4-6-10-25(21)31-29;3-1(4)2(5)6/h4-11,19-20,27-28,31-32H,3,12-18H2,1-2H3;(H,3,4)(H,5,6)/t19?,20-,27?,28?;/m1./s1. The van der Waals surface area contributed by atoms with Crippen molar-refractivity contribution >= 4 is 33.7 Å². The summed E-state index contributed by atoms with van der Waals surface area (Å²) in [6.45, 7) is 6.02. The van der Waals surface area contributed by atoms with Gasteiger partial charge >= 0.3 is 11.9 Å². The number of fused-ring (bicyclic) bond motifs is 8. The van der Waals surface area contributed by atoms with Gasteiger partial charge in [-0.05, 0) is 67.8 Å². The van der Waals surface area contributed by atoms with Gasteiger partial charge in [0.1, 0.15) is 0 Å². The zero-order valence-corrected chi connectivity index (χ0v) is 23.2. The minimum atomic E-state index is -1.82. The van der Waals surface area contributed by atoms with E-state index in [0.717, 1.165) is 24.8 Å². The highest BCUT2D eigenvalue weighted by Gasteiger charge is 2.41. The van der Waals surface area contributed by atoms with E-state index >= 15 is 0 Å². The largest absolute Gasteiger partial charge is 0.473 e. The minimum absolute atomic E-state index is 0.493. The number of carbonyl (C=O) groups is 2. The van der Waals surface area contributed by atoms with Gasteiger partial charge in [0.15, 0.2) is 0 Å². The Morgan fingerprint density at radius 1 is 0.850 bits per heavy atom. The van der Waals surface area contributed by atoms with Crippen molar-refractivity contribution in [2.24, 2.45) is 11.8 Å². The van der Waals surface area contributed by atoms with E-state index in [9.17, 15) is 0 Å². The quantitative estimate of drug-likeness (QED) is 0.259. The van der Waals surface area contributed by atoms with E-state index in [4.69, 9.17) is 19.8 Å². The maximum absolute atomic E-state index is 9.10. The molecule has 7 rings (SSSR count). The molecule has 0 spiro atoms. The Bertz CT molecular complexity index is 1540. The lowest BCUT2D eigenvalue weighted by Crippen LogP contribution is -2.47. The van der Waals surface area contributed by atoms with E-state index in [-0.39, 0.29) is 0 Å². The number of rotatable bonds is 3. The highest BCUT2D eigenvalue weighted by atomic mass is 16.4. The molecule has 5 heterocycles. The lowest BCUT2D eigenvalue weighted by molar-refractivity contribution is -0.159. The number of likely N-dealkylation sites (N-methyl/N-ethyl adjacent to an activating group) is 1. The van der Waals surface area contributed by atoms with Crippen molar-refractivity contribution in [3.63, 3.8) is 0 Å². The molecule has 4 aromatic rings. The Morgan fingerprint density at radius 3 is 2.05 bits per heavy atom. The molecule has 3 aliphatic rings. The molecular formula is C32H38N4O4. The maximum atomic E-state index is 9.10. The van der Waals surface area contributed by atoms with Crippen LogP contribution in [-0.4, -0.2) is 68.6 Å². The number of nitrogens with zero attached hydrogens (tertiary/aromatic N) is 2. The molecule has 4 atom stereocenters. The Morgan fingerprint density at radius 2 is 1.43 bits per heavy atom. The van der Waals surface area contributed by atoms with Gasteiger partial charge in [0.05, 0.1) is 12.1 Å². The first kappa shape index (κ1) is 26.6. The van der Waals surface area contributed by atoms with Crippen LogP contribution < -0.4 is 0 Å². The third-order valence-corrected chi connectivity index (χ3v) is 9.59. The molecule has 0 aliphatic carbocycles. The van der Waals surface area contributed by atoms with Crippen molar-refractivity contribution in [2.75, 3.05) is 26.7 Å². The molecule has 0 amide bonds. The zero-order valence-electron chi connectivity index (χ0n) is 23.2. The Hall–Kier alpha value is -3.62. The second-order valence-electron chi connectivity index (χ2n) is 11.6. The van der Waals surface area contributed by atoms with Crippen LogP contribution in [-0.2, 0) is 22.4 Å². The Labute approximate surface area is 234 Å². The van der Waals surface area contributed by atoms with E-state index < -0.39 is 11.9 Å². The Balaban J connectivity index is 0.000000438. The van der Waals surface area contributed by atoms with E-state index in [1.807, 2.05) is 0 Å². The average molecular weight is 543 g/mol. The fourth-order valence-electron chi connectivity index (χ4n) is 7.56. The topological polar surface area (TPSA) is 113 Å². The predicted molar refractivity (Wildman–Crippen MR) is 155 cm³/mol. The molecule has 2 aromatic carbocycles. The second kappa shape index (κ2) is 10.7. The molecule has 1 saturated heterocycles. The second-order valence-corrected chi connectivity index (χ2v) is 11.6. The number of para-hydroxylation sites is 2. The first-order chi connectivity index (χ1) is 19.4. The molecule has 0 radical (unpaired) electrons. The van der Waals surface area contributed by atoms with Crippen molar-refractivity contribution < 1.29 is 19.8 Å². The summed E-state index contributed by atoms with van der Waals surface area (Å²) in [5.41, 5.74) is 8.78. The van der Waals surface area contributed by atoms with Gasteiger partial charge in [0, 0.05) is 52.8 Å². The lowest BCUT2D eigenvalue weighted by atomic mass is 9.73. The summed E-state index contributed by atoms with van der Waals surface area (Å²) in [7, 11) is 2.34. The molecule has 8 heteroatoms. The van der Waals surface area contributed by atoms with Crippen LogP contribution >= 0.6 is 0 Å². The van der Waals surface area contributed by atoms with Crippen LogP contribution in [0.25, 0.3) is 21.8 Å². The van der Waals surface area contributed by atoms with Crippen LogP contribution in [0, 0.1) is 11.8 Å². The molecule has 2 aromatic heterocycles. The number of carboxylic acids is 2. The van der Waals surface area contributed by atoms with Crippen molar-refractivity contribution in [3.05, 3.63) is 71.0 Å². The fourth-order valence-corrected chi connectivity index (χ4v) is 7.56. The van der Waals surface area contributed by atoms with Gasteiger partial charge in [-0.3, -0.25) is 9.80 Å². The first-order valence-electron chi connectivity index (χ1n) is 14.4. The molecule has 8 nitrogen and oxygen atoms in total. The van der Waals surface area contributed by atoms with Gasteiger partial charge in [-0.15, -0.1) is 0 Å². The number of aliphatic carboxylic acids is 2. The van der Waals surface area contributed by atoms with Crippen molar-refractivity contribution in [1.82, 2.24) is 19.8 Å². The number of nitrogens with one attached hydrogen (secondary N) is 2. The SMILES string of the molecule is CCC1CN2CCc3c([nH]c4ccccc34)C2C[C@H]1CC1c2[nH]c3ccccc3c2CCN1C.O=C(O)C(=O)O. The fraction of sp³-hybridized carbons (Fsp3) is 0.438. The molecular weight excluding hydrogens is 504 g/mol. The molecule has 1 fully saturated rings. The average Bonchev–Trinajstić information content (AvgIpc) is 3.53. The molecule has 3 aliphatic heterocycles. The van der Waals surface area contributed by atoms with Crippen LogP contribution in [0.2, 0.25) is 0 Å². The van der Waals surface area contributed by atoms with Crippen LogP contribution in [0.5, 0.6) is 0 Å². The minimum Gasteiger partial charge on any atom is -0.473 e. The summed E-state index contributed by atoms with van der Waals surface area (Å²) in [6, 6.07) is 18.8. The molecule has 3 unspecified atom stereocenters. The highest BCUT2D eigenvalue weighted by molar-refractivity contribution is 6.27. The molecule has 210 valence electrons. The number of H-pyrrole nitrogens is 2. The summed E-state index contributed by atoms with van der Waals surface area (Å²) in [5, 5.41) is 17.7. The first-order valence-corrected chi connectivity index (χ1v) is 14.4. The van der Waals surface area contributed by atoms with Crippen molar-refractivity contribution in [2.45, 2.75) is 51.1 Å². The van der Waals surface area contributed by atoms with Gasteiger partial charge in [0.25, 0.3) is 0 Å². The van der Waals surface area contributed by atoms with Crippen molar-refractivity contribution in [3.8, 4) is 0 Å². The maximum Gasteiger partial charge on any atom is 0.414 e. The van der Waals surface area contributed by atoms with Gasteiger partial charge in [-0.25, -0.2) is 9.59 Å². The predicted octanol–water partition coefficient (Wildman–Crippen LogP) is 5.37. The molecule has 0 saturated carbocycles. The summed E-state index contributed by atoms with van der Waals surface area (Å²) >= 11 is 0. The van der Waals surface area contributed by atoms with Crippen LogP contribution in [0.3, 0.4) is 0 Å². The summed E-state index contributed by atoms with van der Waals surface area (Å²) in [6.07, 6.45) is 6.15. The summed E-state index contributed by atoms with van der Waals surface area (Å²) in [4.78, 5) is 31.3. The van der Waals surface area contributed by atoms with E-state index in [0.29, 0.717) is 12.1 Å². The van der Waals surface area contributed by atoms with Gasteiger partial charge in [-0.1, -0.05) is 49.7 Å². The van der Waals surface area contributed by atoms with Crippen molar-refractivity contribution in [1.29, 1.82) is 0 Å². The number of carboxylic acid groups (broad SMARTS) is 2. The third-order valence-electron chi connectivity index (χ3n) is 9.59. The van der Waals surface area contributed by atoms with E-state index in [1.54, 1.807) is 11.1 Å². The Kier molecular flexibility index (Phi) is 7.15. The zero-order chi connectivity index (χ0) is 28.0. The molecule has 0 bridgehead atoms. The number of aromatic amines is 2. The number of hydrogen-bond donors (Lipinski definition) is 4. The van der Waals surface area contributed by atoms with Crippen LogP contribution in [0.15, 0.2) is 48.5 Å². The van der Waals surface area contributed by atoms with Gasteiger partial charge in [-0.2, -0.15) is 0 Å². The van der Waals surface area contributed by atoms with Gasteiger partial charge in [0.2, 0.25) is 0 Å². The highest BCUT2D eigenvalue weighted by Crippen LogP contribution is 2.47. The normalized spacial score (nSPS) is 24.6. The lowest BCUT2D eigenvalue weighted by Gasteiger charge is -2.48. The summed E-state index contributed by atoms with van der Waals surface area (Å²) in [5.74, 6) is -2.12. The summed E-state index contributed by atoms with van der Waals surface area (Å²) < 4.78 is 0. The molecule has 4 N–H and O–H groups in total.